The minimum absolute atomic E-state index is 0.443. The monoisotopic (exact) mass is 351 g/mol. The summed E-state index contributed by atoms with van der Waals surface area (Å²) in [5, 5.41) is 3.86. The molecule has 0 bridgehead atoms. The molecule has 0 aliphatic heterocycles. The summed E-state index contributed by atoms with van der Waals surface area (Å²) >= 11 is 3.67. The summed E-state index contributed by atoms with van der Waals surface area (Å²) in [6.07, 6.45) is 5.27. The van der Waals surface area contributed by atoms with Crippen LogP contribution in [0.3, 0.4) is 0 Å². The highest BCUT2D eigenvalue weighted by atomic mass is 79.9. The van der Waals surface area contributed by atoms with E-state index in [0.29, 0.717) is 11.5 Å². The van der Waals surface area contributed by atoms with Crippen molar-refractivity contribution in [2.45, 2.75) is 66.3 Å². The number of hydrogen-bond acceptors (Lipinski definition) is 1. The van der Waals surface area contributed by atoms with Gasteiger partial charge in [-0.2, -0.15) is 0 Å². The van der Waals surface area contributed by atoms with Crippen LogP contribution in [0.2, 0.25) is 0 Å². The van der Waals surface area contributed by atoms with E-state index in [4.69, 9.17) is 0 Å². The Kier molecular flexibility index (Phi) is 5.54. The molecule has 118 valence electrons. The largest absolute Gasteiger partial charge is 0.310 e. The van der Waals surface area contributed by atoms with E-state index < -0.39 is 0 Å². The van der Waals surface area contributed by atoms with Gasteiger partial charge >= 0.3 is 0 Å². The normalized spacial score (nSPS) is 22.5. The summed E-state index contributed by atoms with van der Waals surface area (Å²) in [4.78, 5) is 0. The third-order valence-corrected chi connectivity index (χ3v) is 6.09. The van der Waals surface area contributed by atoms with Gasteiger partial charge in [-0.15, -0.1) is 0 Å². The van der Waals surface area contributed by atoms with Crippen LogP contribution in [0, 0.1) is 25.2 Å². The molecule has 0 saturated heterocycles. The van der Waals surface area contributed by atoms with Crippen molar-refractivity contribution < 1.29 is 0 Å². The van der Waals surface area contributed by atoms with Gasteiger partial charge in [-0.1, -0.05) is 49.2 Å². The molecule has 0 amide bonds. The molecule has 21 heavy (non-hydrogen) atoms. The van der Waals surface area contributed by atoms with Gasteiger partial charge in [0.15, 0.2) is 0 Å². The first kappa shape index (κ1) is 17.0. The Labute approximate surface area is 139 Å². The quantitative estimate of drug-likeness (QED) is 0.692. The lowest BCUT2D eigenvalue weighted by Gasteiger charge is -2.36. The highest BCUT2D eigenvalue weighted by molar-refractivity contribution is 9.10. The Bertz CT molecular complexity index is 493. The van der Waals surface area contributed by atoms with Crippen molar-refractivity contribution in [2.75, 3.05) is 6.54 Å². The maximum absolute atomic E-state index is 3.86. The zero-order chi connectivity index (χ0) is 15.6. The summed E-state index contributed by atoms with van der Waals surface area (Å²) in [5.74, 6) is 0.739. The van der Waals surface area contributed by atoms with Crippen molar-refractivity contribution >= 4 is 15.9 Å². The van der Waals surface area contributed by atoms with Gasteiger partial charge in [-0.3, -0.25) is 0 Å². The van der Waals surface area contributed by atoms with Crippen LogP contribution in [-0.2, 0) is 0 Å². The second kappa shape index (κ2) is 6.83. The predicted octanol–water partition coefficient (Wildman–Crippen LogP) is 5.93. The van der Waals surface area contributed by atoms with Gasteiger partial charge < -0.3 is 5.32 Å². The lowest BCUT2D eigenvalue weighted by Crippen LogP contribution is -2.35. The summed E-state index contributed by atoms with van der Waals surface area (Å²) in [6, 6.07) is 5.17. The van der Waals surface area contributed by atoms with Gasteiger partial charge in [0.2, 0.25) is 0 Å². The number of benzene rings is 1. The summed E-state index contributed by atoms with van der Waals surface area (Å²) in [5.41, 5.74) is 4.70. The topological polar surface area (TPSA) is 12.0 Å². The van der Waals surface area contributed by atoms with Crippen LogP contribution in [0.4, 0.5) is 0 Å². The molecule has 0 heterocycles. The molecule has 1 N–H and O–H groups in total. The summed E-state index contributed by atoms with van der Waals surface area (Å²) < 4.78 is 1.23. The molecule has 1 nitrogen and oxygen atoms in total. The number of hydrogen-bond donors (Lipinski definition) is 1. The molecule has 1 aromatic carbocycles. The second-order valence-electron chi connectivity index (χ2n) is 7.38. The Hall–Kier alpha value is -0.340. The summed E-state index contributed by atoms with van der Waals surface area (Å²) in [6.45, 7) is 12.7. The number of rotatable bonds is 5. The Morgan fingerprint density at radius 1 is 1.29 bits per heavy atom. The number of nitrogens with one attached hydrogen (secondary N) is 1. The SMILES string of the molecule is CCCNC(c1cc(C)c(Br)cc1C)C1CCCC1(C)C. The van der Waals surface area contributed by atoms with E-state index in [1.54, 1.807) is 0 Å². The van der Waals surface area contributed by atoms with Gasteiger partial charge in [0.1, 0.15) is 0 Å². The lowest BCUT2D eigenvalue weighted by molar-refractivity contribution is 0.197. The van der Waals surface area contributed by atoms with Crippen molar-refractivity contribution in [1.29, 1.82) is 0 Å². The van der Waals surface area contributed by atoms with Crippen LogP contribution < -0.4 is 5.32 Å². The zero-order valence-corrected chi connectivity index (χ0v) is 15.8. The standard InChI is InChI=1S/C19H30BrN/c1-6-10-21-18(16-8-7-9-19(16,4)5)15-11-14(3)17(20)12-13(15)2/h11-12,16,18,21H,6-10H2,1-5H3. The van der Waals surface area contributed by atoms with E-state index in [2.05, 4.69) is 68.0 Å². The molecular weight excluding hydrogens is 322 g/mol. The van der Waals surface area contributed by atoms with Crippen LogP contribution in [0.25, 0.3) is 0 Å². The van der Waals surface area contributed by atoms with E-state index in [1.807, 2.05) is 0 Å². The molecule has 1 saturated carbocycles. The van der Waals surface area contributed by atoms with E-state index in [1.165, 1.54) is 46.8 Å². The van der Waals surface area contributed by atoms with Gasteiger partial charge in [-0.05, 0) is 73.7 Å². The fourth-order valence-electron chi connectivity index (χ4n) is 3.88. The zero-order valence-electron chi connectivity index (χ0n) is 14.2. The third kappa shape index (κ3) is 3.71. The Morgan fingerprint density at radius 2 is 2.00 bits per heavy atom. The second-order valence-corrected chi connectivity index (χ2v) is 8.23. The third-order valence-electron chi connectivity index (χ3n) is 5.24. The molecule has 2 rings (SSSR count). The Morgan fingerprint density at radius 3 is 2.57 bits per heavy atom. The summed E-state index contributed by atoms with van der Waals surface area (Å²) in [7, 11) is 0. The lowest BCUT2D eigenvalue weighted by atomic mass is 9.74. The van der Waals surface area contributed by atoms with Crippen LogP contribution in [0.5, 0.6) is 0 Å². The van der Waals surface area contributed by atoms with E-state index in [0.717, 1.165) is 12.5 Å². The van der Waals surface area contributed by atoms with E-state index in [-0.39, 0.29) is 0 Å². The smallest absolute Gasteiger partial charge is 0.0356 e. The minimum Gasteiger partial charge on any atom is -0.310 e. The molecule has 2 atom stereocenters. The molecule has 2 unspecified atom stereocenters. The number of aryl methyl sites for hydroxylation is 2. The van der Waals surface area contributed by atoms with Crippen LogP contribution in [0.15, 0.2) is 16.6 Å². The molecule has 2 heteroatoms. The van der Waals surface area contributed by atoms with Gasteiger partial charge in [0.05, 0.1) is 0 Å². The van der Waals surface area contributed by atoms with Crippen molar-refractivity contribution in [3.63, 3.8) is 0 Å². The van der Waals surface area contributed by atoms with E-state index >= 15 is 0 Å². The average molecular weight is 352 g/mol. The van der Waals surface area contributed by atoms with Gasteiger partial charge in [-0.25, -0.2) is 0 Å². The minimum atomic E-state index is 0.443. The van der Waals surface area contributed by atoms with Crippen LogP contribution in [-0.4, -0.2) is 6.54 Å². The van der Waals surface area contributed by atoms with Crippen molar-refractivity contribution in [2.24, 2.45) is 11.3 Å². The van der Waals surface area contributed by atoms with Gasteiger partial charge in [0, 0.05) is 10.5 Å². The Balaban J connectivity index is 2.38. The van der Waals surface area contributed by atoms with E-state index in [9.17, 15) is 0 Å². The molecule has 0 radical (unpaired) electrons. The molecule has 0 aromatic heterocycles. The van der Waals surface area contributed by atoms with Crippen LogP contribution in [0.1, 0.15) is 69.2 Å². The molecule has 0 spiro atoms. The fourth-order valence-corrected chi connectivity index (χ4v) is 4.34. The first-order chi connectivity index (χ1) is 9.86. The van der Waals surface area contributed by atoms with Crippen molar-refractivity contribution in [1.82, 2.24) is 5.32 Å². The molecule has 1 fully saturated rings. The molecular formula is C19H30BrN. The average Bonchev–Trinajstić information content (AvgIpc) is 2.75. The molecule has 1 aliphatic rings. The highest BCUT2D eigenvalue weighted by Gasteiger charge is 2.40. The van der Waals surface area contributed by atoms with Crippen molar-refractivity contribution in [3.05, 3.63) is 33.3 Å². The number of halogens is 1. The highest BCUT2D eigenvalue weighted by Crippen LogP contribution is 2.49. The van der Waals surface area contributed by atoms with Crippen molar-refractivity contribution in [3.8, 4) is 0 Å². The predicted molar refractivity (Wildman–Crippen MR) is 95.8 cm³/mol. The molecule has 1 aromatic rings. The molecule has 1 aliphatic carbocycles. The first-order valence-electron chi connectivity index (χ1n) is 8.37. The fraction of sp³-hybridized carbons (Fsp3) is 0.684. The maximum atomic E-state index is 3.86. The maximum Gasteiger partial charge on any atom is 0.0356 e. The van der Waals surface area contributed by atoms with Gasteiger partial charge in [0.25, 0.3) is 0 Å². The first-order valence-corrected chi connectivity index (χ1v) is 9.16. The van der Waals surface area contributed by atoms with Crippen LogP contribution >= 0.6 is 15.9 Å².